The van der Waals surface area contributed by atoms with Crippen molar-refractivity contribution >= 4 is 17.2 Å². The third-order valence-corrected chi connectivity index (χ3v) is 4.82. The SMILES string of the molecule is CC(C)(C)c1nc(C2CCN(C(C)(C)C)C2=O)cs1. The largest absolute Gasteiger partial charge is 0.337 e. The van der Waals surface area contributed by atoms with Crippen molar-refractivity contribution in [2.75, 3.05) is 6.54 Å². The number of aromatic nitrogens is 1. The molecule has 1 amide bonds. The molecule has 0 bridgehead atoms. The number of thiazole rings is 1. The molecule has 1 saturated heterocycles. The van der Waals surface area contributed by atoms with E-state index in [1.165, 1.54) is 0 Å². The minimum atomic E-state index is -0.0886. The highest BCUT2D eigenvalue weighted by atomic mass is 32.1. The van der Waals surface area contributed by atoms with Gasteiger partial charge in [-0.25, -0.2) is 4.98 Å². The van der Waals surface area contributed by atoms with Crippen LogP contribution in [0.3, 0.4) is 0 Å². The van der Waals surface area contributed by atoms with Gasteiger partial charge in [0.2, 0.25) is 5.91 Å². The lowest BCUT2D eigenvalue weighted by atomic mass is 9.98. The Bertz CT molecular complexity index is 479. The smallest absolute Gasteiger partial charge is 0.232 e. The first-order valence-electron chi connectivity index (χ1n) is 6.88. The van der Waals surface area contributed by atoms with Gasteiger partial charge in [-0.05, 0) is 27.2 Å². The highest BCUT2D eigenvalue weighted by Gasteiger charge is 2.39. The van der Waals surface area contributed by atoms with Gasteiger partial charge >= 0.3 is 0 Å². The fraction of sp³-hybridized carbons (Fsp3) is 0.733. The summed E-state index contributed by atoms with van der Waals surface area (Å²) in [7, 11) is 0. The van der Waals surface area contributed by atoms with E-state index in [1.807, 2.05) is 4.90 Å². The molecule has 0 radical (unpaired) electrons. The van der Waals surface area contributed by atoms with Crippen molar-refractivity contribution < 1.29 is 4.79 Å². The van der Waals surface area contributed by atoms with E-state index in [-0.39, 0.29) is 22.8 Å². The van der Waals surface area contributed by atoms with Gasteiger partial charge in [0.25, 0.3) is 0 Å². The Labute approximate surface area is 120 Å². The summed E-state index contributed by atoms with van der Waals surface area (Å²) in [5.74, 6) is 0.199. The van der Waals surface area contributed by atoms with Crippen LogP contribution in [0.1, 0.15) is 64.6 Å². The summed E-state index contributed by atoms with van der Waals surface area (Å²) < 4.78 is 0. The third kappa shape index (κ3) is 2.83. The van der Waals surface area contributed by atoms with Crippen molar-refractivity contribution in [1.29, 1.82) is 0 Å². The number of amides is 1. The van der Waals surface area contributed by atoms with Crippen LogP contribution in [-0.2, 0) is 10.2 Å². The molecule has 3 nitrogen and oxygen atoms in total. The molecule has 1 aliphatic rings. The molecule has 0 aliphatic carbocycles. The van der Waals surface area contributed by atoms with E-state index < -0.39 is 0 Å². The van der Waals surface area contributed by atoms with Gasteiger partial charge in [-0.3, -0.25) is 4.79 Å². The fourth-order valence-corrected chi connectivity index (χ4v) is 3.37. The molecule has 1 aliphatic heterocycles. The molecular formula is C15H24N2OS. The monoisotopic (exact) mass is 280 g/mol. The van der Waals surface area contributed by atoms with Crippen LogP contribution in [0, 0.1) is 0 Å². The molecule has 2 rings (SSSR count). The molecule has 0 saturated carbocycles. The topological polar surface area (TPSA) is 33.2 Å². The summed E-state index contributed by atoms with van der Waals surface area (Å²) in [6, 6.07) is 0. The first kappa shape index (κ1) is 14.5. The van der Waals surface area contributed by atoms with Gasteiger partial charge in [0, 0.05) is 22.9 Å². The van der Waals surface area contributed by atoms with Crippen molar-refractivity contribution in [3.8, 4) is 0 Å². The maximum atomic E-state index is 12.5. The first-order chi connectivity index (χ1) is 8.60. The number of carbonyl (C=O) groups is 1. The lowest BCUT2D eigenvalue weighted by molar-refractivity contribution is -0.132. The number of rotatable bonds is 1. The maximum Gasteiger partial charge on any atom is 0.232 e. The average molecular weight is 280 g/mol. The van der Waals surface area contributed by atoms with Crippen LogP contribution in [-0.4, -0.2) is 27.9 Å². The number of hydrogen-bond donors (Lipinski definition) is 0. The standard InChI is InChI=1S/C15H24N2OS/c1-14(2,3)13-16-11(9-19-13)10-7-8-17(12(10)18)15(4,5)6/h9-10H,7-8H2,1-6H3. The van der Waals surface area contributed by atoms with E-state index in [2.05, 4.69) is 46.9 Å². The van der Waals surface area contributed by atoms with Crippen molar-refractivity contribution in [2.45, 2.75) is 64.8 Å². The molecule has 0 spiro atoms. The molecule has 1 unspecified atom stereocenters. The second-order valence-electron chi connectivity index (χ2n) is 7.33. The molecular weight excluding hydrogens is 256 g/mol. The Hall–Kier alpha value is -0.900. The average Bonchev–Trinajstić information content (AvgIpc) is 2.80. The first-order valence-corrected chi connectivity index (χ1v) is 7.76. The number of nitrogens with zero attached hydrogens (tertiary/aromatic N) is 2. The molecule has 106 valence electrons. The van der Waals surface area contributed by atoms with E-state index >= 15 is 0 Å². The molecule has 19 heavy (non-hydrogen) atoms. The van der Waals surface area contributed by atoms with E-state index in [0.29, 0.717) is 0 Å². The van der Waals surface area contributed by atoms with Crippen molar-refractivity contribution in [3.05, 3.63) is 16.1 Å². The van der Waals surface area contributed by atoms with Crippen molar-refractivity contribution in [2.24, 2.45) is 0 Å². The van der Waals surface area contributed by atoms with Gasteiger partial charge in [-0.1, -0.05) is 20.8 Å². The lowest BCUT2D eigenvalue weighted by Crippen LogP contribution is -2.42. The number of carbonyl (C=O) groups excluding carboxylic acids is 1. The summed E-state index contributed by atoms with van der Waals surface area (Å²) >= 11 is 1.67. The van der Waals surface area contributed by atoms with E-state index in [4.69, 9.17) is 4.98 Å². The van der Waals surface area contributed by atoms with Crippen LogP contribution in [0.25, 0.3) is 0 Å². The second-order valence-corrected chi connectivity index (χ2v) is 8.19. The summed E-state index contributed by atoms with van der Waals surface area (Å²) in [6.45, 7) is 13.6. The normalized spacial score (nSPS) is 21.3. The zero-order valence-corrected chi connectivity index (χ0v) is 13.6. The van der Waals surface area contributed by atoms with Crippen LogP contribution < -0.4 is 0 Å². The molecule has 1 fully saturated rings. The summed E-state index contributed by atoms with van der Waals surface area (Å²) in [6.07, 6.45) is 0.892. The van der Waals surface area contributed by atoms with Crippen LogP contribution in [0.15, 0.2) is 5.38 Å². The van der Waals surface area contributed by atoms with Gasteiger partial charge in [-0.2, -0.15) is 0 Å². The quantitative estimate of drug-likeness (QED) is 0.788. The molecule has 1 atom stereocenters. The van der Waals surface area contributed by atoms with Gasteiger partial charge in [-0.15, -0.1) is 11.3 Å². The van der Waals surface area contributed by atoms with Gasteiger partial charge in [0.1, 0.15) is 0 Å². The maximum absolute atomic E-state index is 12.5. The number of hydrogen-bond acceptors (Lipinski definition) is 3. The summed E-state index contributed by atoms with van der Waals surface area (Å²) in [5.41, 5.74) is 0.940. The van der Waals surface area contributed by atoms with E-state index in [1.54, 1.807) is 11.3 Å². The Kier molecular flexibility index (Phi) is 3.50. The lowest BCUT2D eigenvalue weighted by Gasteiger charge is -2.32. The van der Waals surface area contributed by atoms with E-state index in [9.17, 15) is 4.79 Å². The second kappa shape index (κ2) is 4.58. The van der Waals surface area contributed by atoms with Crippen LogP contribution in [0.2, 0.25) is 0 Å². The fourth-order valence-electron chi connectivity index (χ4n) is 2.41. The molecule has 1 aromatic heterocycles. The summed E-state index contributed by atoms with van der Waals surface area (Å²) in [4.78, 5) is 19.2. The minimum absolute atomic E-state index is 0.0356. The Balaban J connectivity index is 2.21. The predicted molar refractivity (Wildman–Crippen MR) is 79.6 cm³/mol. The van der Waals surface area contributed by atoms with Gasteiger partial charge < -0.3 is 4.90 Å². The molecule has 1 aromatic rings. The van der Waals surface area contributed by atoms with E-state index in [0.717, 1.165) is 23.7 Å². The predicted octanol–water partition coefficient (Wildman–Crippen LogP) is 3.56. The summed E-state index contributed by atoms with van der Waals surface area (Å²) in [5, 5.41) is 3.18. The zero-order chi connectivity index (χ0) is 14.4. The van der Waals surface area contributed by atoms with Crippen LogP contribution in [0.5, 0.6) is 0 Å². The zero-order valence-electron chi connectivity index (χ0n) is 12.8. The third-order valence-electron chi connectivity index (χ3n) is 3.54. The highest BCUT2D eigenvalue weighted by molar-refractivity contribution is 7.09. The van der Waals surface area contributed by atoms with Crippen LogP contribution >= 0.6 is 11.3 Å². The van der Waals surface area contributed by atoms with Gasteiger partial charge in [0.15, 0.2) is 0 Å². The van der Waals surface area contributed by atoms with Crippen LogP contribution in [0.4, 0.5) is 0 Å². The molecule has 4 heteroatoms. The van der Waals surface area contributed by atoms with Crippen molar-refractivity contribution in [3.63, 3.8) is 0 Å². The van der Waals surface area contributed by atoms with Gasteiger partial charge in [0.05, 0.1) is 16.6 Å². The Morgan fingerprint density at radius 1 is 1.26 bits per heavy atom. The highest BCUT2D eigenvalue weighted by Crippen LogP contribution is 2.35. The minimum Gasteiger partial charge on any atom is -0.337 e. The van der Waals surface area contributed by atoms with Crippen molar-refractivity contribution in [1.82, 2.24) is 9.88 Å². The Morgan fingerprint density at radius 3 is 2.32 bits per heavy atom. The number of likely N-dealkylation sites (tertiary alicyclic amines) is 1. The molecule has 0 aromatic carbocycles. The molecule has 2 heterocycles. The Morgan fingerprint density at radius 2 is 1.89 bits per heavy atom. The molecule has 0 N–H and O–H groups in total.